The summed E-state index contributed by atoms with van der Waals surface area (Å²) in [5.74, 6) is -0.540. The Bertz CT molecular complexity index is 1180. The Morgan fingerprint density at radius 2 is 1.77 bits per heavy atom. The smallest absolute Gasteiger partial charge is 0.246 e. The van der Waals surface area contributed by atoms with E-state index in [4.69, 9.17) is 0 Å². The fourth-order valence-corrected chi connectivity index (χ4v) is 4.21. The van der Waals surface area contributed by atoms with Gasteiger partial charge in [0.15, 0.2) is 0 Å². The highest BCUT2D eigenvalue weighted by atomic mass is 32.2. The van der Waals surface area contributed by atoms with Crippen LogP contribution in [0.3, 0.4) is 0 Å². The number of nitrogens with one attached hydrogen (secondary N) is 1. The van der Waals surface area contributed by atoms with Gasteiger partial charge >= 0.3 is 0 Å². The molecule has 2 heterocycles. The monoisotopic (exact) mass is 388 g/mol. The zero-order chi connectivity index (χ0) is 18.3. The third-order valence-electron chi connectivity index (χ3n) is 3.78. The summed E-state index contributed by atoms with van der Waals surface area (Å²) in [4.78, 5) is 4.72. The maximum Gasteiger partial charge on any atom is 0.264 e. The van der Waals surface area contributed by atoms with Gasteiger partial charge in [0.2, 0.25) is 4.96 Å². The number of aromatic nitrogens is 3. The van der Waals surface area contributed by atoms with Gasteiger partial charge in [-0.1, -0.05) is 29.8 Å². The second kappa shape index (κ2) is 6.19. The molecule has 0 aliphatic rings. The van der Waals surface area contributed by atoms with Crippen molar-refractivity contribution in [2.75, 3.05) is 4.72 Å². The average molecular weight is 388 g/mol. The highest BCUT2D eigenvalue weighted by Crippen LogP contribution is 2.26. The maximum atomic E-state index is 13.0. The minimum absolute atomic E-state index is 0.0328. The van der Waals surface area contributed by atoms with E-state index in [1.54, 1.807) is 4.52 Å². The molecule has 2 aromatic heterocycles. The minimum Gasteiger partial charge on any atom is -0.246 e. The average Bonchev–Trinajstić information content (AvgIpc) is 3.15. The topological polar surface area (TPSA) is 76.4 Å². The van der Waals surface area contributed by atoms with Gasteiger partial charge in [-0.3, -0.25) is 0 Å². The van der Waals surface area contributed by atoms with Crippen LogP contribution in [0.2, 0.25) is 0 Å². The van der Waals surface area contributed by atoms with Crippen molar-refractivity contribution in [1.29, 1.82) is 0 Å². The SMILES string of the molecule is Cc1ccc(-c2csc3nc(NS(=O)(=O)c4ccc(F)cc4)nn23)cc1. The Kier molecular flexibility index (Phi) is 3.97. The van der Waals surface area contributed by atoms with Crippen LogP contribution in [0, 0.1) is 12.7 Å². The van der Waals surface area contributed by atoms with Gasteiger partial charge in [0, 0.05) is 10.9 Å². The van der Waals surface area contributed by atoms with E-state index in [-0.39, 0.29) is 10.8 Å². The molecule has 0 saturated heterocycles. The van der Waals surface area contributed by atoms with Crippen LogP contribution in [-0.4, -0.2) is 23.0 Å². The molecular formula is C17H13FN4O2S2. The fraction of sp³-hybridized carbons (Fsp3) is 0.0588. The first kappa shape index (κ1) is 16.7. The molecular weight excluding hydrogens is 375 g/mol. The Balaban J connectivity index is 1.68. The number of hydrogen-bond acceptors (Lipinski definition) is 5. The molecule has 26 heavy (non-hydrogen) atoms. The van der Waals surface area contributed by atoms with E-state index >= 15 is 0 Å². The van der Waals surface area contributed by atoms with E-state index < -0.39 is 15.8 Å². The summed E-state index contributed by atoms with van der Waals surface area (Å²) in [5.41, 5.74) is 2.93. The summed E-state index contributed by atoms with van der Waals surface area (Å²) in [6.07, 6.45) is 0. The third kappa shape index (κ3) is 3.06. The standard InChI is InChI=1S/C17H13FN4O2S2/c1-11-2-4-12(5-3-11)15-10-25-17-19-16(20-22(15)17)21-26(23,24)14-8-6-13(18)7-9-14/h2-10H,1H3,(H,20,21). The molecule has 0 aliphatic carbocycles. The number of halogens is 1. The maximum absolute atomic E-state index is 13.0. The molecule has 0 atom stereocenters. The summed E-state index contributed by atoms with van der Waals surface area (Å²) >= 11 is 1.36. The van der Waals surface area contributed by atoms with Crippen molar-refractivity contribution < 1.29 is 12.8 Å². The zero-order valence-corrected chi connectivity index (χ0v) is 15.2. The van der Waals surface area contributed by atoms with Crippen LogP contribution in [0.4, 0.5) is 10.3 Å². The van der Waals surface area contributed by atoms with E-state index in [1.165, 1.54) is 23.5 Å². The molecule has 1 N–H and O–H groups in total. The predicted molar refractivity (Wildman–Crippen MR) is 98.2 cm³/mol. The van der Waals surface area contributed by atoms with Crippen molar-refractivity contribution in [3.8, 4) is 11.3 Å². The molecule has 0 bridgehead atoms. The van der Waals surface area contributed by atoms with Crippen molar-refractivity contribution in [1.82, 2.24) is 14.6 Å². The first-order chi connectivity index (χ1) is 12.4. The van der Waals surface area contributed by atoms with Crippen molar-refractivity contribution in [2.45, 2.75) is 11.8 Å². The van der Waals surface area contributed by atoms with Crippen molar-refractivity contribution >= 4 is 32.3 Å². The summed E-state index contributed by atoms with van der Waals surface area (Å²) in [7, 11) is -3.89. The van der Waals surface area contributed by atoms with Crippen LogP contribution >= 0.6 is 11.3 Å². The first-order valence-electron chi connectivity index (χ1n) is 7.62. The van der Waals surface area contributed by atoms with Crippen LogP contribution in [0.25, 0.3) is 16.2 Å². The van der Waals surface area contributed by atoms with Gasteiger partial charge in [-0.25, -0.2) is 22.0 Å². The number of aryl methyl sites for hydroxylation is 1. The van der Waals surface area contributed by atoms with Gasteiger partial charge in [0.05, 0.1) is 10.6 Å². The summed E-state index contributed by atoms with van der Waals surface area (Å²) < 4.78 is 41.7. The molecule has 132 valence electrons. The predicted octanol–water partition coefficient (Wildman–Crippen LogP) is 3.71. The lowest BCUT2D eigenvalue weighted by Gasteiger charge is -2.04. The van der Waals surface area contributed by atoms with E-state index in [0.29, 0.717) is 4.96 Å². The lowest BCUT2D eigenvalue weighted by Crippen LogP contribution is -2.14. The van der Waals surface area contributed by atoms with Gasteiger partial charge in [0.1, 0.15) is 5.82 Å². The molecule has 9 heteroatoms. The Hall–Kier alpha value is -2.78. The second-order valence-corrected chi connectivity index (χ2v) is 8.20. The number of anilines is 1. The Labute approximate surface area is 153 Å². The normalized spacial score (nSPS) is 11.8. The quantitative estimate of drug-likeness (QED) is 0.578. The molecule has 0 radical (unpaired) electrons. The minimum atomic E-state index is -3.89. The number of benzene rings is 2. The number of fused-ring (bicyclic) bond motifs is 1. The van der Waals surface area contributed by atoms with Crippen molar-refractivity contribution in [3.63, 3.8) is 0 Å². The van der Waals surface area contributed by atoms with Gasteiger partial charge in [0.25, 0.3) is 16.0 Å². The first-order valence-corrected chi connectivity index (χ1v) is 9.98. The second-order valence-electron chi connectivity index (χ2n) is 5.68. The van der Waals surface area contributed by atoms with E-state index in [2.05, 4.69) is 14.8 Å². The van der Waals surface area contributed by atoms with Crippen LogP contribution < -0.4 is 4.72 Å². The molecule has 0 spiro atoms. The molecule has 2 aromatic carbocycles. The number of sulfonamides is 1. The number of nitrogens with zero attached hydrogens (tertiary/aromatic N) is 3. The number of hydrogen-bond donors (Lipinski definition) is 1. The Morgan fingerprint density at radius 1 is 1.08 bits per heavy atom. The van der Waals surface area contributed by atoms with Gasteiger partial charge < -0.3 is 0 Å². The van der Waals surface area contributed by atoms with E-state index in [0.717, 1.165) is 29.0 Å². The molecule has 0 unspecified atom stereocenters. The van der Waals surface area contributed by atoms with Gasteiger partial charge in [-0.2, -0.15) is 4.98 Å². The van der Waals surface area contributed by atoms with E-state index in [1.807, 2.05) is 36.6 Å². The highest BCUT2D eigenvalue weighted by Gasteiger charge is 2.18. The summed E-state index contributed by atoms with van der Waals surface area (Å²) in [5, 5.41) is 6.17. The van der Waals surface area contributed by atoms with Gasteiger partial charge in [-0.05, 0) is 31.2 Å². The van der Waals surface area contributed by atoms with Crippen LogP contribution in [0.15, 0.2) is 58.8 Å². The van der Waals surface area contributed by atoms with Crippen molar-refractivity contribution in [3.05, 3.63) is 65.3 Å². The zero-order valence-electron chi connectivity index (χ0n) is 13.5. The fourth-order valence-electron chi connectivity index (χ4n) is 2.44. The molecule has 0 aliphatic heterocycles. The van der Waals surface area contributed by atoms with E-state index in [9.17, 15) is 12.8 Å². The molecule has 0 fully saturated rings. The third-order valence-corrected chi connectivity index (χ3v) is 5.94. The van der Waals surface area contributed by atoms with Crippen molar-refractivity contribution in [2.24, 2.45) is 0 Å². The molecule has 6 nitrogen and oxygen atoms in total. The summed E-state index contributed by atoms with van der Waals surface area (Å²) in [6, 6.07) is 12.5. The molecule has 0 amide bonds. The number of thiazole rings is 1. The van der Waals surface area contributed by atoms with Crippen LogP contribution in [0.5, 0.6) is 0 Å². The highest BCUT2D eigenvalue weighted by molar-refractivity contribution is 7.92. The largest absolute Gasteiger partial charge is 0.264 e. The lowest BCUT2D eigenvalue weighted by molar-refractivity contribution is 0.599. The van der Waals surface area contributed by atoms with Crippen LogP contribution in [-0.2, 0) is 10.0 Å². The Morgan fingerprint density at radius 3 is 2.46 bits per heavy atom. The number of rotatable bonds is 4. The molecule has 4 rings (SSSR count). The van der Waals surface area contributed by atoms with Crippen LogP contribution in [0.1, 0.15) is 5.56 Å². The molecule has 4 aromatic rings. The summed E-state index contributed by atoms with van der Waals surface area (Å²) in [6.45, 7) is 2.00. The molecule has 0 saturated carbocycles. The lowest BCUT2D eigenvalue weighted by atomic mass is 10.1. The van der Waals surface area contributed by atoms with Gasteiger partial charge in [-0.15, -0.1) is 16.4 Å².